The first-order valence-electron chi connectivity index (χ1n) is 7.89. The van der Waals surface area contributed by atoms with Gasteiger partial charge in [0.2, 0.25) is 0 Å². The second-order valence-corrected chi connectivity index (χ2v) is 6.25. The van der Waals surface area contributed by atoms with Crippen LogP contribution >= 0.6 is 0 Å². The standard InChI is InChI=1S/C19H34/c1-8-10-16(5)11-12-17(6)13-14-19(15(3)4)18(7)9-2/h8,10,15,17H,1,9,11-14H2,2-7H3. The maximum absolute atomic E-state index is 3.75. The molecular weight excluding hydrogens is 228 g/mol. The van der Waals surface area contributed by atoms with Crippen LogP contribution in [0.3, 0.4) is 0 Å². The maximum Gasteiger partial charge on any atom is -0.0258 e. The van der Waals surface area contributed by atoms with Gasteiger partial charge in [0.25, 0.3) is 0 Å². The molecule has 0 rings (SSSR count). The van der Waals surface area contributed by atoms with Crippen molar-refractivity contribution in [3.05, 3.63) is 35.5 Å². The highest BCUT2D eigenvalue weighted by Crippen LogP contribution is 2.26. The highest BCUT2D eigenvalue weighted by atomic mass is 14.2. The summed E-state index contributed by atoms with van der Waals surface area (Å²) in [5, 5.41) is 0. The third kappa shape index (κ3) is 8.08. The second-order valence-electron chi connectivity index (χ2n) is 6.25. The third-order valence-corrected chi connectivity index (χ3v) is 4.12. The lowest BCUT2D eigenvalue weighted by molar-refractivity contribution is 0.478. The van der Waals surface area contributed by atoms with E-state index in [9.17, 15) is 0 Å². The Balaban J connectivity index is 4.24. The van der Waals surface area contributed by atoms with Gasteiger partial charge in [-0.25, -0.2) is 0 Å². The fourth-order valence-corrected chi connectivity index (χ4v) is 2.53. The number of hydrogen-bond donors (Lipinski definition) is 0. The van der Waals surface area contributed by atoms with E-state index in [1.165, 1.54) is 37.7 Å². The minimum Gasteiger partial charge on any atom is -0.0991 e. The van der Waals surface area contributed by atoms with Gasteiger partial charge in [0, 0.05) is 0 Å². The molecule has 1 unspecified atom stereocenters. The van der Waals surface area contributed by atoms with E-state index in [2.05, 4.69) is 54.2 Å². The molecule has 0 heteroatoms. The summed E-state index contributed by atoms with van der Waals surface area (Å²) >= 11 is 0. The summed E-state index contributed by atoms with van der Waals surface area (Å²) in [4.78, 5) is 0. The van der Waals surface area contributed by atoms with Crippen molar-refractivity contribution < 1.29 is 0 Å². The molecule has 1 atom stereocenters. The average molecular weight is 262 g/mol. The van der Waals surface area contributed by atoms with Crippen LogP contribution in [0, 0.1) is 11.8 Å². The van der Waals surface area contributed by atoms with Crippen molar-refractivity contribution in [1.29, 1.82) is 0 Å². The monoisotopic (exact) mass is 262 g/mol. The van der Waals surface area contributed by atoms with Crippen LogP contribution in [0.5, 0.6) is 0 Å². The Hall–Kier alpha value is -0.780. The molecule has 0 aromatic carbocycles. The smallest absolute Gasteiger partial charge is 0.0258 e. The molecule has 110 valence electrons. The lowest BCUT2D eigenvalue weighted by Gasteiger charge is -2.18. The molecule has 0 saturated heterocycles. The Kier molecular flexibility index (Phi) is 9.65. The molecule has 19 heavy (non-hydrogen) atoms. The molecule has 0 spiro atoms. The molecule has 0 nitrogen and oxygen atoms in total. The van der Waals surface area contributed by atoms with Gasteiger partial charge in [-0.05, 0) is 57.8 Å². The van der Waals surface area contributed by atoms with Gasteiger partial charge in [-0.15, -0.1) is 0 Å². The lowest BCUT2D eigenvalue weighted by atomic mass is 9.88. The van der Waals surface area contributed by atoms with Crippen molar-refractivity contribution >= 4 is 0 Å². The van der Waals surface area contributed by atoms with E-state index in [4.69, 9.17) is 0 Å². The predicted octanol–water partition coefficient (Wildman–Crippen LogP) is 6.70. The fourth-order valence-electron chi connectivity index (χ4n) is 2.53. The Morgan fingerprint density at radius 3 is 2.11 bits per heavy atom. The molecule has 0 aliphatic rings. The van der Waals surface area contributed by atoms with Gasteiger partial charge >= 0.3 is 0 Å². The molecule has 0 amide bonds. The van der Waals surface area contributed by atoms with Crippen molar-refractivity contribution in [2.75, 3.05) is 0 Å². The van der Waals surface area contributed by atoms with Gasteiger partial charge < -0.3 is 0 Å². The molecular formula is C19H34. The quantitative estimate of drug-likeness (QED) is 0.320. The van der Waals surface area contributed by atoms with Crippen LogP contribution in [-0.4, -0.2) is 0 Å². The maximum atomic E-state index is 3.75. The van der Waals surface area contributed by atoms with E-state index in [1.807, 2.05) is 6.08 Å². The molecule has 0 fully saturated rings. The molecule has 0 radical (unpaired) electrons. The van der Waals surface area contributed by atoms with Crippen molar-refractivity contribution in [1.82, 2.24) is 0 Å². The van der Waals surface area contributed by atoms with Gasteiger partial charge in [-0.1, -0.05) is 63.1 Å². The van der Waals surface area contributed by atoms with E-state index in [1.54, 1.807) is 11.1 Å². The van der Waals surface area contributed by atoms with Crippen LogP contribution in [0.25, 0.3) is 0 Å². The van der Waals surface area contributed by atoms with E-state index < -0.39 is 0 Å². The number of rotatable bonds is 9. The van der Waals surface area contributed by atoms with Crippen LogP contribution in [0.4, 0.5) is 0 Å². The van der Waals surface area contributed by atoms with Crippen LogP contribution < -0.4 is 0 Å². The fraction of sp³-hybridized carbons (Fsp3) is 0.684. The Morgan fingerprint density at radius 1 is 1.05 bits per heavy atom. The lowest BCUT2D eigenvalue weighted by Crippen LogP contribution is -2.02. The highest BCUT2D eigenvalue weighted by molar-refractivity contribution is 5.14. The Morgan fingerprint density at radius 2 is 1.63 bits per heavy atom. The average Bonchev–Trinajstić information content (AvgIpc) is 2.36. The first-order chi connectivity index (χ1) is 8.92. The van der Waals surface area contributed by atoms with Crippen molar-refractivity contribution in [3.63, 3.8) is 0 Å². The normalized spacial score (nSPS) is 15.4. The van der Waals surface area contributed by atoms with Crippen LogP contribution in [0.1, 0.15) is 73.6 Å². The Bertz CT molecular complexity index is 315. The summed E-state index contributed by atoms with van der Waals surface area (Å²) < 4.78 is 0. The highest BCUT2D eigenvalue weighted by Gasteiger charge is 2.09. The largest absolute Gasteiger partial charge is 0.0991 e. The van der Waals surface area contributed by atoms with Gasteiger partial charge in [0.05, 0.1) is 0 Å². The van der Waals surface area contributed by atoms with Gasteiger partial charge in [-0.2, -0.15) is 0 Å². The minimum atomic E-state index is 0.703. The van der Waals surface area contributed by atoms with Crippen molar-refractivity contribution in [2.45, 2.75) is 73.6 Å². The van der Waals surface area contributed by atoms with E-state index in [-0.39, 0.29) is 0 Å². The van der Waals surface area contributed by atoms with Crippen molar-refractivity contribution in [3.8, 4) is 0 Å². The van der Waals surface area contributed by atoms with Gasteiger partial charge in [-0.3, -0.25) is 0 Å². The van der Waals surface area contributed by atoms with Crippen molar-refractivity contribution in [2.24, 2.45) is 11.8 Å². The molecule has 0 aliphatic heterocycles. The molecule has 0 aromatic heterocycles. The molecule has 0 saturated carbocycles. The first kappa shape index (κ1) is 18.2. The number of allylic oxidation sites excluding steroid dienone is 5. The zero-order valence-electron chi connectivity index (χ0n) is 14.1. The third-order valence-electron chi connectivity index (χ3n) is 4.12. The first-order valence-corrected chi connectivity index (χ1v) is 7.89. The van der Waals surface area contributed by atoms with Crippen LogP contribution in [-0.2, 0) is 0 Å². The molecule has 0 N–H and O–H groups in total. The zero-order valence-corrected chi connectivity index (χ0v) is 14.1. The summed E-state index contributed by atoms with van der Waals surface area (Å²) in [6.45, 7) is 17.6. The zero-order chi connectivity index (χ0) is 14.8. The number of hydrogen-bond acceptors (Lipinski definition) is 0. The van der Waals surface area contributed by atoms with Gasteiger partial charge in [0.1, 0.15) is 0 Å². The molecule has 0 bridgehead atoms. The topological polar surface area (TPSA) is 0 Å². The second kappa shape index (κ2) is 10.1. The van der Waals surface area contributed by atoms with Gasteiger partial charge in [0.15, 0.2) is 0 Å². The minimum absolute atomic E-state index is 0.703. The molecule has 0 heterocycles. The molecule has 0 aromatic rings. The Labute approximate surface area is 121 Å². The van der Waals surface area contributed by atoms with E-state index in [0.717, 1.165) is 5.92 Å². The summed E-state index contributed by atoms with van der Waals surface area (Å²) in [5.41, 5.74) is 4.74. The summed E-state index contributed by atoms with van der Waals surface area (Å²) in [6.07, 6.45) is 10.3. The summed E-state index contributed by atoms with van der Waals surface area (Å²) in [7, 11) is 0. The predicted molar refractivity (Wildman–Crippen MR) is 89.4 cm³/mol. The molecule has 0 aliphatic carbocycles. The van der Waals surface area contributed by atoms with Crippen LogP contribution in [0.2, 0.25) is 0 Å². The van der Waals surface area contributed by atoms with E-state index in [0.29, 0.717) is 5.92 Å². The SMILES string of the molecule is C=CC=C(C)CCC(C)CCC(=C(C)CC)C(C)C. The van der Waals surface area contributed by atoms with Crippen LogP contribution in [0.15, 0.2) is 35.5 Å². The summed E-state index contributed by atoms with van der Waals surface area (Å²) in [5.74, 6) is 1.51. The van der Waals surface area contributed by atoms with E-state index >= 15 is 0 Å². The summed E-state index contributed by atoms with van der Waals surface area (Å²) in [6, 6.07) is 0.